The molecule has 1 fully saturated rings. The van der Waals surface area contributed by atoms with Gasteiger partial charge in [-0.25, -0.2) is 0 Å². The summed E-state index contributed by atoms with van der Waals surface area (Å²) in [7, 11) is 0. The van der Waals surface area contributed by atoms with Crippen LogP contribution in [0.2, 0.25) is 0 Å². The number of ether oxygens (including phenoxy) is 1. The summed E-state index contributed by atoms with van der Waals surface area (Å²) in [6, 6.07) is 17.9. The first-order valence-electron chi connectivity index (χ1n) is 8.23. The first-order chi connectivity index (χ1) is 11.2. The Kier molecular flexibility index (Phi) is 4.96. The van der Waals surface area contributed by atoms with Crippen LogP contribution in [0.4, 0.5) is 0 Å². The van der Waals surface area contributed by atoms with Crippen molar-refractivity contribution in [2.24, 2.45) is 5.92 Å². The predicted molar refractivity (Wildman–Crippen MR) is 89.6 cm³/mol. The molecule has 0 spiro atoms. The van der Waals surface area contributed by atoms with Crippen LogP contribution in [0.3, 0.4) is 0 Å². The van der Waals surface area contributed by atoms with Crippen molar-refractivity contribution >= 4 is 5.97 Å². The third-order valence-electron chi connectivity index (χ3n) is 4.61. The molecule has 2 aromatic rings. The molecule has 0 saturated heterocycles. The van der Waals surface area contributed by atoms with E-state index in [4.69, 9.17) is 4.74 Å². The van der Waals surface area contributed by atoms with Crippen LogP contribution in [-0.4, -0.2) is 11.1 Å². The highest BCUT2D eigenvalue weighted by Gasteiger charge is 2.31. The fourth-order valence-corrected chi connectivity index (χ4v) is 3.42. The SMILES string of the molecule is O=C(O)[C@H]1CCCC[C@H]1c1cccc(COc2ccccc2)c1. The molecule has 3 heteroatoms. The smallest absolute Gasteiger partial charge is 0.307 e. The first kappa shape index (κ1) is 15.6. The summed E-state index contributed by atoms with van der Waals surface area (Å²) in [5.74, 6) is 0.0478. The van der Waals surface area contributed by atoms with E-state index in [1.807, 2.05) is 42.5 Å². The highest BCUT2D eigenvalue weighted by atomic mass is 16.5. The zero-order chi connectivity index (χ0) is 16.1. The van der Waals surface area contributed by atoms with Gasteiger partial charge in [0.15, 0.2) is 0 Å². The molecule has 0 aliphatic heterocycles. The maximum Gasteiger partial charge on any atom is 0.307 e. The summed E-state index contributed by atoms with van der Waals surface area (Å²) in [5, 5.41) is 9.47. The van der Waals surface area contributed by atoms with Crippen LogP contribution in [0.1, 0.15) is 42.7 Å². The third kappa shape index (κ3) is 3.92. The normalized spacial score (nSPS) is 20.9. The maximum atomic E-state index is 11.5. The third-order valence-corrected chi connectivity index (χ3v) is 4.61. The molecule has 0 unspecified atom stereocenters. The number of carboxylic acids is 1. The maximum absolute atomic E-state index is 11.5. The van der Waals surface area contributed by atoms with Crippen molar-refractivity contribution in [1.29, 1.82) is 0 Å². The molecule has 3 rings (SSSR count). The van der Waals surface area contributed by atoms with Crippen LogP contribution in [-0.2, 0) is 11.4 Å². The lowest BCUT2D eigenvalue weighted by atomic mass is 9.75. The van der Waals surface area contributed by atoms with Crippen LogP contribution in [0.25, 0.3) is 0 Å². The average molecular weight is 310 g/mol. The van der Waals surface area contributed by atoms with Crippen molar-refractivity contribution in [3.63, 3.8) is 0 Å². The first-order valence-corrected chi connectivity index (χ1v) is 8.23. The van der Waals surface area contributed by atoms with Crippen LogP contribution in [0.5, 0.6) is 5.75 Å². The van der Waals surface area contributed by atoms with Gasteiger partial charge in [0.05, 0.1) is 5.92 Å². The van der Waals surface area contributed by atoms with Crippen LogP contribution >= 0.6 is 0 Å². The monoisotopic (exact) mass is 310 g/mol. The Hall–Kier alpha value is -2.29. The van der Waals surface area contributed by atoms with Crippen LogP contribution < -0.4 is 4.74 Å². The van der Waals surface area contributed by atoms with Gasteiger partial charge in [0, 0.05) is 0 Å². The molecule has 0 heterocycles. The lowest BCUT2D eigenvalue weighted by molar-refractivity contribution is -0.143. The summed E-state index contributed by atoms with van der Waals surface area (Å²) >= 11 is 0. The number of hydrogen-bond acceptors (Lipinski definition) is 2. The Morgan fingerprint density at radius 2 is 1.83 bits per heavy atom. The second kappa shape index (κ2) is 7.32. The number of carboxylic acid groups (broad SMARTS) is 1. The second-order valence-electron chi connectivity index (χ2n) is 6.18. The summed E-state index contributed by atoms with van der Waals surface area (Å²) in [6.07, 6.45) is 3.87. The topological polar surface area (TPSA) is 46.5 Å². The van der Waals surface area contributed by atoms with Crippen molar-refractivity contribution < 1.29 is 14.6 Å². The van der Waals surface area contributed by atoms with Gasteiger partial charge in [-0.15, -0.1) is 0 Å². The summed E-state index contributed by atoms with van der Waals surface area (Å²) in [4.78, 5) is 11.5. The molecule has 2 aromatic carbocycles. The van der Waals surface area contributed by atoms with Crippen LogP contribution in [0, 0.1) is 5.92 Å². The van der Waals surface area contributed by atoms with Gasteiger partial charge in [0.1, 0.15) is 12.4 Å². The Bertz CT molecular complexity index is 651. The van der Waals surface area contributed by atoms with Gasteiger partial charge in [-0.05, 0) is 42.0 Å². The van der Waals surface area contributed by atoms with Gasteiger partial charge in [-0.3, -0.25) is 4.79 Å². The quantitative estimate of drug-likeness (QED) is 0.876. The van der Waals surface area contributed by atoms with Gasteiger partial charge < -0.3 is 9.84 Å². The number of hydrogen-bond donors (Lipinski definition) is 1. The molecule has 23 heavy (non-hydrogen) atoms. The Labute approximate surface area is 136 Å². The molecule has 0 amide bonds. The minimum Gasteiger partial charge on any atom is -0.489 e. The van der Waals surface area contributed by atoms with E-state index in [0.29, 0.717) is 6.61 Å². The number of carbonyl (C=O) groups is 1. The summed E-state index contributed by atoms with van der Waals surface area (Å²) in [6.45, 7) is 0.502. The van der Waals surface area contributed by atoms with E-state index in [0.717, 1.165) is 42.6 Å². The summed E-state index contributed by atoms with van der Waals surface area (Å²) in [5.41, 5.74) is 2.22. The molecule has 0 aromatic heterocycles. The highest BCUT2D eigenvalue weighted by molar-refractivity contribution is 5.71. The molecule has 1 saturated carbocycles. The average Bonchev–Trinajstić information content (AvgIpc) is 2.61. The van der Waals surface area contributed by atoms with Gasteiger partial charge in [-0.2, -0.15) is 0 Å². The molecular formula is C20H22O3. The zero-order valence-corrected chi connectivity index (χ0v) is 13.2. The van der Waals surface area contributed by atoms with E-state index in [9.17, 15) is 9.90 Å². The van der Waals surface area contributed by atoms with E-state index in [-0.39, 0.29) is 11.8 Å². The Balaban J connectivity index is 1.72. The highest BCUT2D eigenvalue weighted by Crippen LogP contribution is 2.38. The number of para-hydroxylation sites is 1. The van der Waals surface area contributed by atoms with E-state index in [1.165, 1.54) is 0 Å². The summed E-state index contributed by atoms with van der Waals surface area (Å²) < 4.78 is 5.79. The van der Waals surface area contributed by atoms with Gasteiger partial charge >= 0.3 is 5.97 Å². The standard InChI is InChI=1S/C20H22O3/c21-20(22)19-12-5-4-11-18(19)16-8-6-7-15(13-16)14-23-17-9-2-1-3-10-17/h1-3,6-10,13,18-19H,4-5,11-12,14H2,(H,21,22)/t18-,19-/m0/s1. The number of aliphatic carboxylic acids is 1. The number of rotatable bonds is 5. The molecule has 0 radical (unpaired) electrons. The second-order valence-corrected chi connectivity index (χ2v) is 6.18. The molecular weight excluding hydrogens is 288 g/mol. The molecule has 1 aliphatic carbocycles. The van der Waals surface area contributed by atoms with Crippen molar-refractivity contribution in [1.82, 2.24) is 0 Å². The lowest BCUT2D eigenvalue weighted by Crippen LogP contribution is -2.25. The Morgan fingerprint density at radius 3 is 2.61 bits per heavy atom. The van der Waals surface area contributed by atoms with Gasteiger partial charge in [-0.1, -0.05) is 55.3 Å². The van der Waals surface area contributed by atoms with E-state index in [2.05, 4.69) is 12.1 Å². The fraction of sp³-hybridized carbons (Fsp3) is 0.350. The van der Waals surface area contributed by atoms with Crippen molar-refractivity contribution in [2.75, 3.05) is 0 Å². The molecule has 1 aliphatic rings. The Morgan fingerprint density at radius 1 is 1.04 bits per heavy atom. The molecule has 1 N–H and O–H groups in total. The minimum absolute atomic E-state index is 0.123. The van der Waals surface area contributed by atoms with Crippen molar-refractivity contribution in [3.8, 4) is 5.75 Å². The largest absolute Gasteiger partial charge is 0.489 e. The van der Waals surface area contributed by atoms with Crippen LogP contribution in [0.15, 0.2) is 54.6 Å². The van der Waals surface area contributed by atoms with E-state index >= 15 is 0 Å². The molecule has 120 valence electrons. The minimum atomic E-state index is -0.666. The van der Waals surface area contributed by atoms with Crippen molar-refractivity contribution in [2.45, 2.75) is 38.2 Å². The molecule has 2 atom stereocenters. The lowest BCUT2D eigenvalue weighted by Gasteiger charge is -2.29. The van der Waals surface area contributed by atoms with Gasteiger partial charge in [0.25, 0.3) is 0 Å². The van der Waals surface area contributed by atoms with Crippen molar-refractivity contribution in [3.05, 3.63) is 65.7 Å². The molecule has 0 bridgehead atoms. The zero-order valence-electron chi connectivity index (χ0n) is 13.2. The predicted octanol–water partition coefficient (Wildman–Crippen LogP) is 4.62. The number of benzene rings is 2. The van der Waals surface area contributed by atoms with Gasteiger partial charge in [0.2, 0.25) is 0 Å². The van der Waals surface area contributed by atoms with E-state index in [1.54, 1.807) is 0 Å². The fourth-order valence-electron chi connectivity index (χ4n) is 3.42. The molecule has 3 nitrogen and oxygen atoms in total. The van der Waals surface area contributed by atoms with E-state index < -0.39 is 5.97 Å².